The number of pyridine rings is 1. The number of nitrogens with zero attached hydrogens (tertiary/aromatic N) is 1. The number of anilines is 1. The Kier molecular flexibility index (Phi) is 4.86. The van der Waals surface area contributed by atoms with Crippen molar-refractivity contribution in [2.75, 3.05) is 5.32 Å². The lowest BCUT2D eigenvalue weighted by atomic mass is 9.96. The molecule has 0 spiro atoms. The van der Waals surface area contributed by atoms with E-state index in [-0.39, 0.29) is 17.7 Å². The van der Waals surface area contributed by atoms with Crippen molar-refractivity contribution in [3.8, 4) is 0 Å². The number of amides is 1. The maximum Gasteiger partial charge on any atom is 0.227 e. The SMILES string of the molecule is O=C(Cc1cnccc1NC(=O)C1CCCC1)C1CCCC1. The lowest BCUT2D eigenvalue weighted by Gasteiger charge is -2.14. The number of aromatic nitrogens is 1. The Hall–Kier alpha value is -1.71. The summed E-state index contributed by atoms with van der Waals surface area (Å²) in [7, 11) is 0. The number of carbonyl (C=O) groups excluding carboxylic acids is 2. The highest BCUT2D eigenvalue weighted by atomic mass is 16.2. The van der Waals surface area contributed by atoms with E-state index in [9.17, 15) is 9.59 Å². The first-order valence-corrected chi connectivity index (χ1v) is 8.50. The van der Waals surface area contributed by atoms with Gasteiger partial charge in [-0.15, -0.1) is 0 Å². The van der Waals surface area contributed by atoms with Gasteiger partial charge in [0.05, 0.1) is 0 Å². The molecule has 2 fully saturated rings. The summed E-state index contributed by atoms with van der Waals surface area (Å²) in [6, 6.07) is 1.81. The summed E-state index contributed by atoms with van der Waals surface area (Å²) in [5.74, 6) is 0.727. The van der Waals surface area contributed by atoms with E-state index in [1.54, 1.807) is 12.4 Å². The molecular weight excluding hydrogens is 276 g/mol. The maximum absolute atomic E-state index is 12.4. The molecule has 2 saturated carbocycles. The third kappa shape index (κ3) is 3.54. The van der Waals surface area contributed by atoms with E-state index in [1.807, 2.05) is 6.07 Å². The second-order valence-corrected chi connectivity index (χ2v) is 6.63. The minimum absolute atomic E-state index is 0.0956. The summed E-state index contributed by atoms with van der Waals surface area (Å²) < 4.78 is 0. The fraction of sp³-hybridized carbons (Fsp3) is 0.611. The first kappa shape index (κ1) is 15.2. The van der Waals surface area contributed by atoms with Crippen molar-refractivity contribution < 1.29 is 9.59 Å². The van der Waals surface area contributed by atoms with Crippen molar-refractivity contribution in [2.45, 2.75) is 57.8 Å². The summed E-state index contributed by atoms with van der Waals surface area (Å²) in [5.41, 5.74) is 1.61. The van der Waals surface area contributed by atoms with Crippen LogP contribution in [0.2, 0.25) is 0 Å². The Morgan fingerprint density at radius 1 is 1.05 bits per heavy atom. The normalized spacial score (nSPS) is 19.5. The van der Waals surface area contributed by atoms with Crippen molar-refractivity contribution >= 4 is 17.4 Å². The number of carbonyl (C=O) groups is 2. The van der Waals surface area contributed by atoms with E-state index in [4.69, 9.17) is 0 Å². The fourth-order valence-electron chi connectivity index (χ4n) is 3.69. The lowest BCUT2D eigenvalue weighted by Crippen LogP contribution is -2.22. The molecule has 0 bridgehead atoms. The molecule has 0 radical (unpaired) electrons. The highest BCUT2D eigenvalue weighted by Crippen LogP contribution is 2.29. The minimum Gasteiger partial charge on any atom is -0.325 e. The van der Waals surface area contributed by atoms with Crippen LogP contribution >= 0.6 is 0 Å². The molecule has 2 aliphatic carbocycles. The van der Waals surface area contributed by atoms with E-state index in [0.29, 0.717) is 12.2 Å². The van der Waals surface area contributed by atoms with E-state index in [2.05, 4.69) is 10.3 Å². The number of Topliss-reactive ketones (excluding diaryl/α,β-unsaturated/α-hetero) is 1. The second kappa shape index (κ2) is 7.03. The molecule has 1 aromatic heterocycles. The quantitative estimate of drug-likeness (QED) is 0.905. The van der Waals surface area contributed by atoms with Gasteiger partial charge in [0.2, 0.25) is 5.91 Å². The number of rotatable bonds is 5. The van der Waals surface area contributed by atoms with Crippen LogP contribution in [0.15, 0.2) is 18.5 Å². The van der Waals surface area contributed by atoms with Crippen LogP contribution in [0.3, 0.4) is 0 Å². The Morgan fingerprint density at radius 2 is 1.68 bits per heavy atom. The van der Waals surface area contributed by atoms with Crippen LogP contribution in [-0.2, 0) is 16.0 Å². The monoisotopic (exact) mass is 300 g/mol. The van der Waals surface area contributed by atoms with Gasteiger partial charge < -0.3 is 5.32 Å². The molecule has 0 atom stereocenters. The highest BCUT2D eigenvalue weighted by Gasteiger charge is 2.25. The first-order valence-electron chi connectivity index (χ1n) is 8.50. The van der Waals surface area contributed by atoms with Gasteiger partial charge in [-0.25, -0.2) is 0 Å². The first-order chi connectivity index (χ1) is 10.7. The smallest absolute Gasteiger partial charge is 0.227 e. The average molecular weight is 300 g/mol. The molecule has 2 aliphatic rings. The van der Waals surface area contributed by atoms with Gasteiger partial charge in [0.25, 0.3) is 0 Å². The Morgan fingerprint density at radius 3 is 2.36 bits per heavy atom. The van der Waals surface area contributed by atoms with Crippen molar-refractivity contribution in [2.24, 2.45) is 11.8 Å². The van der Waals surface area contributed by atoms with Gasteiger partial charge in [-0.2, -0.15) is 0 Å². The minimum atomic E-state index is 0.0956. The molecule has 1 aromatic rings. The third-order valence-electron chi connectivity index (χ3n) is 5.06. The Labute approximate surface area is 131 Å². The summed E-state index contributed by atoms with van der Waals surface area (Å²) in [6.07, 6.45) is 12.4. The summed E-state index contributed by atoms with van der Waals surface area (Å²) in [4.78, 5) is 28.8. The van der Waals surface area contributed by atoms with Gasteiger partial charge in [0.1, 0.15) is 5.78 Å². The van der Waals surface area contributed by atoms with Gasteiger partial charge in [-0.1, -0.05) is 25.7 Å². The zero-order valence-corrected chi connectivity index (χ0v) is 13.0. The average Bonchev–Trinajstić information content (AvgIpc) is 3.23. The lowest BCUT2D eigenvalue weighted by molar-refractivity contribution is -0.122. The predicted molar refractivity (Wildman–Crippen MR) is 85.5 cm³/mol. The predicted octanol–water partition coefficient (Wildman–Crippen LogP) is 3.51. The zero-order chi connectivity index (χ0) is 15.4. The van der Waals surface area contributed by atoms with Gasteiger partial charge in [-0.3, -0.25) is 14.6 Å². The summed E-state index contributed by atoms with van der Waals surface area (Å²) in [5, 5.41) is 3.02. The maximum atomic E-state index is 12.4. The van der Waals surface area contributed by atoms with Crippen LogP contribution in [0.4, 0.5) is 5.69 Å². The Bertz CT molecular complexity index is 495. The topological polar surface area (TPSA) is 59.1 Å². The molecule has 1 N–H and O–H groups in total. The van der Waals surface area contributed by atoms with E-state index in [1.165, 1.54) is 0 Å². The van der Waals surface area contributed by atoms with Gasteiger partial charge in [-0.05, 0) is 31.7 Å². The molecule has 4 heteroatoms. The van der Waals surface area contributed by atoms with Gasteiger partial charge in [0.15, 0.2) is 0 Å². The molecule has 22 heavy (non-hydrogen) atoms. The molecule has 3 rings (SSSR count). The molecule has 1 amide bonds. The number of ketones is 1. The van der Waals surface area contributed by atoms with Crippen LogP contribution < -0.4 is 5.32 Å². The van der Waals surface area contributed by atoms with Crippen molar-refractivity contribution in [3.63, 3.8) is 0 Å². The largest absolute Gasteiger partial charge is 0.325 e. The molecule has 1 heterocycles. The van der Waals surface area contributed by atoms with Gasteiger partial charge >= 0.3 is 0 Å². The van der Waals surface area contributed by atoms with E-state index < -0.39 is 0 Å². The number of nitrogens with one attached hydrogen (secondary N) is 1. The zero-order valence-electron chi connectivity index (χ0n) is 13.0. The second-order valence-electron chi connectivity index (χ2n) is 6.63. The van der Waals surface area contributed by atoms with E-state index >= 15 is 0 Å². The fourth-order valence-corrected chi connectivity index (χ4v) is 3.69. The summed E-state index contributed by atoms with van der Waals surface area (Å²) >= 11 is 0. The van der Waals surface area contributed by atoms with Crippen molar-refractivity contribution in [1.29, 1.82) is 0 Å². The molecule has 0 aromatic carbocycles. The van der Waals surface area contributed by atoms with Crippen molar-refractivity contribution in [3.05, 3.63) is 24.0 Å². The molecular formula is C18H24N2O2. The molecule has 0 aliphatic heterocycles. The van der Waals surface area contributed by atoms with Crippen LogP contribution in [0.1, 0.15) is 56.9 Å². The van der Waals surface area contributed by atoms with Crippen LogP contribution in [-0.4, -0.2) is 16.7 Å². The van der Waals surface area contributed by atoms with Crippen molar-refractivity contribution in [1.82, 2.24) is 4.98 Å². The molecule has 0 unspecified atom stereocenters. The van der Waals surface area contributed by atoms with Gasteiger partial charge in [0, 0.05) is 41.9 Å². The Balaban J connectivity index is 1.66. The molecule has 4 nitrogen and oxygen atoms in total. The number of hydrogen-bond acceptors (Lipinski definition) is 3. The van der Waals surface area contributed by atoms with E-state index in [0.717, 1.165) is 62.6 Å². The van der Waals surface area contributed by atoms with Crippen LogP contribution in [0, 0.1) is 11.8 Å². The molecule has 118 valence electrons. The molecule has 0 saturated heterocycles. The number of hydrogen-bond donors (Lipinski definition) is 1. The van der Waals surface area contributed by atoms with Crippen LogP contribution in [0.25, 0.3) is 0 Å². The highest BCUT2D eigenvalue weighted by molar-refractivity contribution is 5.94. The standard InChI is InChI=1S/C18H24N2O2/c21-17(13-5-1-2-6-13)11-15-12-19-10-9-16(15)20-18(22)14-7-3-4-8-14/h9-10,12-14H,1-8,11H2,(H,19,20,22). The van der Waals surface area contributed by atoms with Crippen LogP contribution in [0.5, 0.6) is 0 Å². The third-order valence-corrected chi connectivity index (χ3v) is 5.06. The summed E-state index contributed by atoms with van der Waals surface area (Å²) in [6.45, 7) is 0.